The van der Waals surface area contributed by atoms with Gasteiger partial charge in [-0.25, -0.2) is 4.99 Å². The first-order valence-electron chi connectivity index (χ1n) is 3.06. The lowest BCUT2D eigenvalue weighted by Crippen LogP contribution is -2.25. The number of fused-ring (bicyclic) bond motifs is 1. The van der Waals surface area contributed by atoms with Crippen molar-refractivity contribution in [2.45, 2.75) is 4.58 Å². The van der Waals surface area contributed by atoms with E-state index in [2.05, 4.69) is 15.3 Å². The van der Waals surface area contributed by atoms with Gasteiger partial charge in [-0.15, -0.1) is 0 Å². The van der Waals surface area contributed by atoms with E-state index in [1.165, 1.54) is 0 Å². The smallest absolute Gasteiger partial charge is 0.285 e. The molecule has 5 heteroatoms. The van der Waals surface area contributed by atoms with Crippen molar-refractivity contribution >= 4 is 35.1 Å². The van der Waals surface area contributed by atoms with Crippen LogP contribution in [0, 0.1) is 0 Å². The molecule has 0 saturated carbocycles. The van der Waals surface area contributed by atoms with Crippen LogP contribution in [0.5, 0.6) is 0 Å². The highest BCUT2D eigenvalue weighted by molar-refractivity contribution is 6.50. The van der Waals surface area contributed by atoms with Gasteiger partial charge in [0.25, 0.3) is 4.58 Å². The zero-order valence-electron chi connectivity index (χ0n) is 5.44. The monoisotopic (exact) mass is 189 g/mol. The van der Waals surface area contributed by atoms with E-state index < -0.39 is 4.58 Å². The van der Waals surface area contributed by atoms with Gasteiger partial charge < -0.3 is 10.3 Å². The van der Waals surface area contributed by atoms with E-state index in [1.807, 2.05) is 6.07 Å². The number of alkyl halides is 2. The summed E-state index contributed by atoms with van der Waals surface area (Å²) in [5.74, 6) is 0. The van der Waals surface area contributed by atoms with E-state index in [0.717, 1.165) is 11.4 Å². The molecule has 0 radical (unpaired) electrons. The summed E-state index contributed by atoms with van der Waals surface area (Å²) >= 11 is 11.4. The van der Waals surface area contributed by atoms with E-state index in [9.17, 15) is 0 Å². The van der Waals surface area contributed by atoms with Crippen molar-refractivity contribution in [1.82, 2.24) is 4.98 Å². The normalized spacial score (nSPS) is 19.1. The van der Waals surface area contributed by atoms with Crippen LogP contribution in [0.3, 0.4) is 0 Å². The van der Waals surface area contributed by atoms with Crippen LogP contribution in [0.2, 0.25) is 0 Å². The van der Waals surface area contributed by atoms with Gasteiger partial charge in [-0.2, -0.15) is 0 Å². The molecule has 58 valence electrons. The molecule has 11 heavy (non-hydrogen) atoms. The predicted molar refractivity (Wildman–Crippen MR) is 46.4 cm³/mol. The van der Waals surface area contributed by atoms with Crippen molar-refractivity contribution in [2.24, 2.45) is 4.99 Å². The Morgan fingerprint density at radius 1 is 1.45 bits per heavy atom. The molecule has 1 aliphatic rings. The van der Waals surface area contributed by atoms with Crippen molar-refractivity contribution in [2.75, 3.05) is 5.32 Å². The van der Waals surface area contributed by atoms with Gasteiger partial charge in [0.1, 0.15) is 0 Å². The maximum Gasteiger partial charge on any atom is 0.285 e. The molecule has 0 amide bonds. The van der Waals surface area contributed by atoms with Crippen molar-refractivity contribution in [1.29, 1.82) is 0 Å². The Balaban J connectivity index is 2.44. The fourth-order valence-corrected chi connectivity index (χ4v) is 1.24. The van der Waals surface area contributed by atoms with Crippen molar-refractivity contribution in [3.8, 4) is 0 Å². The number of anilines is 1. The Bertz CT molecular complexity index is 303. The molecule has 1 aliphatic heterocycles. The van der Waals surface area contributed by atoms with Crippen LogP contribution < -0.4 is 5.32 Å². The number of nitrogens with zero attached hydrogens (tertiary/aromatic N) is 1. The topological polar surface area (TPSA) is 40.2 Å². The Morgan fingerprint density at radius 2 is 2.27 bits per heavy atom. The van der Waals surface area contributed by atoms with Crippen LogP contribution in [0.15, 0.2) is 17.3 Å². The molecule has 0 aliphatic carbocycles. The summed E-state index contributed by atoms with van der Waals surface area (Å²) in [4.78, 5) is 6.81. The molecule has 3 nitrogen and oxygen atoms in total. The number of rotatable bonds is 0. The van der Waals surface area contributed by atoms with E-state index in [-0.39, 0.29) is 0 Å². The third-order valence-electron chi connectivity index (χ3n) is 1.42. The Labute approximate surface area is 73.4 Å². The van der Waals surface area contributed by atoms with Gasteiger partial charge in [0.05, 0.1) is 17.6 Å². The standard InChI is InChI=1S/C6H5Cl2N3/c7-6(8)10-3-5-4(11-6)1-2-9-5/h1-3,9,11H. The second-order valence-electron chi connectivity index (χ2n) is 2.23. The van der Waals surface area contributed by atoms with Crippen LogP contribution in [-0.2, 0) is 0 Å². The quantitative estimate of drug-likeness (QED) is 0.476. The lowest BCUT2D eigenvalue weighted by molar-refractivity contribution is 0.944. The van der Waals surface area contributed by atoms with E-state index in [1.54, 1.807) is 12.4 Å². The summed E-state index contributed by atoms with van der Waals surface area (Å²) in [7, 11) is 0. The molecule has 0 bridgehead atoms. The summed E-state index contributed by atoms with van der Waals surface area (Å²) in [6.07, 6.45) is 3.39. The van der Waals surface area contributed by atoms with Crippen LogP contribution in [0.25, 0.3) is 0 Å². The Kier molecular flexibility index (Phi) is 1.37. The van der Waals surface area contributed by atoms with Gasteiger partial charge in [0, 0.05) is 6.20 Å². The molecule has 0 aromatic carbocycles. The number of halogens is 2. The molecule has 0 saturated heterocycles. The van der Waals surface area contributed by atoms with Crippen molar-refractivity contribution in [3.05, 3.63) is 18.0 Å². The average molecular weight is 190 g/mol. The van der Waals surface area contributed by atoms with Crippen molar-refractivity contribution in [3.63, 3.8) is 0 Å². The molecule has 0 spiro atoms. The molecular formula is C6H5Cl2N3. The number of nitrogens with one attached hydrogen (secondary N) is 2. The average Bonchev–Trinajstić information content (AvgIpc) is 2.31. The second-order valence-corrected chi connectivity index (χ2v) is 3.52. The van der Waals surface area contributed by atoms with E-state index in [0.29, 0.717) is 0 Å². The summed E-state index contributed by atoms with van der Waals surface area (Å²) in [6.45, 7) is 0. The number of aliphatic imine (C=N–C) groups is 1. The molecule has 2 N–H and O–H groups in total. The first-order chi connectivity index (χ1) is 5.17. The van der Waals surface area contributed by atoms with E-state index in [4.69, 9.17) is 23.2 Å². The lowest BCUT2D eigenvalue weighted by atomic mass is 10.3. The number of aromatic amines is 1. The fraction of sp³-hybridized carbons (Fsp3) is 0.167. The molecule has 1 aromatic rings. The SMILES string of the molecule is ClC1(Cl)N=Cc2[nH]ccc2N1. The number of aromatic nitrogens is 1. The van der Waals surface area contributed by atoms with Gasteiger partial charge >= 0.3 is 0 Å². The van der Waals surface area contributed by atoms with Gasteiger partial charge in [-0.1, -0.05) is 23.2 Å². The summed E-state index contributed by atoms with van der Waals surface area (Å²) in [5.41, 5.74) is 1.76. The molecule has 0 fully saturated rings. The molecule has 0 atom stereocenters. The molecule has 1 aromatic heterocycles. The minimum atomic E-state index is -1.21. The fourth-order valence-electron chi connectivity index (χ4n) is 0.938. The highest BCUT2D eigenvalue weighted by Gasteiger charge is 2.25. The Hall–Kier alpha value is -0.670. The zero-order valence-corrected chi connectivity index (χ0v) is 6.95. The third-order valence-corrected chi connectivity index (χ3v) is 1.80. The van der Waals surface area contributed by atoms with Crippen molar-refractivity contribution < 1.29 is 0 Å². The summed E-state index contributed by atoms with van der Waals surface area (Å²) in [6, 6.07) is 1.85. The third kappa shape index (κ3) is 1.21. The first-order valence-corrected chi connectivity index (χ1v) is 3.82. The zero-order chi connectivity index (χ0) is 7.90. The van der Waals surface area contributed by atoms with Gasteiger partial charge in [-0.3, -0.25) is 0 Å². The lowest BCUT2D eigenvalue weighted by Gasteiger charge is -2.20. The van der Waals surface area contributed by atoms with Gasteiger partial charge in [0.2, 0.25) is 0 Å². The summed E-state index contributed by atoms with van der Waals surface area (Å²) in [5, 5.41) is 2.82. The maximum absolute atomic E-state index is 5.70. The minimum Gasteiger partial charge on any atom is -0.359 e. The largest absolute Gasteiger partial charge is 0.359 e. The first kappa shape index (κ1) is 7.00. The summed E-state index contributed by atoms with van der Waals surface area (Å²) < 4.78 is -1.21. The highest BCUT2D eigenvalue weighted by Crippen LogP contribution is 2.29. The van der Waals surface area contributed by atoms with Crippen LogP contribution in [0.1, 0.15) is 5.69 Å². The predicted octanol–water partition coefficient (Wildman–Crippen LogP) is 1.95. The minimum absolute atomic E-state index is 0.866. The van der Waals surface area contributed by atoms with Gasteiger partial charge in [-0.05, 0) is 6.07 Å². The molecule has 2 rings (SSSR count). The second kappa shape index (κ2) is 2.16. The van der Waals surface area contributed by atoms with Crippen LogP contribution in [-0.4, -0.2) is 15.8 Å². The van der Waals surface area contributed by atoms with E-state index >= 15 is 0 Å². The molecular weight excluding hydrogens is 185 g/mol. The van der Waals surface area contributed by atoms with Crippen LogP contribution >= 0.6 is 23.2 Å². The number of H-pyrrole nitrogens is 1. The number of hydrogen-bond donors (Lipinski definition) is 2. The molecule has 2 heterocycles. The highest BCUT2D eigenvalue weighted by atomic mass is 35.5. The van der Waals surface area contributed by atoms with Crippen LogP contribution in [0.4, 0.5) is 5.69 Å². The molecule has 0 unspecified atom stereocenters. The van der Waals surface area contributed by atoms with Gasteiger partial charge in [0.15, 0.2) is 0 Å². The number of hydrogen-bond acceptors (Lipinski definition) is 2. The maximum atomic E-state index is 5.70. The Morgan fingerprint density at radius 3 is 3.09 bits per heavy atom.